The molecule has 0 spiro atoms. The van der Waals surface area contributed by atoms with Crippen LogP contribution >= 0.6 is 0 Å². The summed E-state index contributed by atoms with van der Waals surface area (Å²) in [6, 6.07) is 7.34. The van der Waals surface area contributed by atoms with E-state index in [0.717, 1.165) is 37.7 Å². The van der Waals surface area contributed by atoms with Crippen LogP contribution in [0.5, 0.6) is 0 Å². The number of carbonyl (C=O) groups excluding carboxylic acids is 1. The minimum atomic E-state index is -0.851. The highest BCUT2D eigenvalue weighted by molar-refractivity contribution is 5.95. The predicted octanol–water partition coefficient (Wildman–Crippen LogP) is 2.90. The Balaban J connectivity index is 2.12. The van der Waals surface area contributed by atoms with Gasteiger partial charge < -0.3 is 10.4 Å². The Morgan fingerprint density at radius 1 is 1.15 bits per heavy atom. The number of aryl methyl sites for hydroxylation is 1. The lowest BCUT2D eigenvalue weighted by atomic mass is 9.79. The zero-order chi connectivity index (χ0) is 14.6. The number of hydrogen-bond acceptors (Lipinski definition) is 2. The number of carbonyl (C=O) groups is 2. The first kappa shape index (κ1) is 14.6. The molecule has 2 rings (SSSR count). The molecular weight excluding hydrogens is 254 g/mol. The molecule has 0 saturated heterocycles. The van der Waals surface area contributed by atoms with E-state index in [0.29, 0.717) is 5.56 Å². The molecule has 1 aromatic rings. The van der Waals surface area contributed by atoms with Gasteiger partial charge in [-0.3, -0.25) is 9.59 Å². The topological polar surface area (TPSA) is 66.4 Å². The van der Waals surface area contributed by atoms with Crippen molar-refractivity contribution in [3.8, 4) is 0 Å². The number of aliphatic carboxylic acids is 1. The molecule has 0 bridgehead atoms. The highest BCUT2D eigenvalue weighted by Crippen LogP contribution is 2.31. The summed E-state index contributed by atoms with van der Waals surface area (Å²) >= 11 is 0. The minimum Gasteiger partial charge on any atom is -0.481 e. The van der Waals surface area contributed by atoms with Crippen LogP contribution in [-0.2, 0) is 4.79 Å². The summed E-state index contributed by atoms with van der Waals surface area (Å²) < 4.78 is 0. The fourth-order valence-corrected chi connectivity index (χ4v) is 2.88. The van der Waals surface area contributed by atoms with Crippen molar-refractivity contribution in [3.63, 3.8) is 0 Å². The molecule has 0 aliphatic heterocycles. The van der Waals surface area contributed by atoms with E-state index < -0.39 is 11.5 Å². The quantitative estimate of drug-likeness (QED) is 0.888. The second kappa shape index (κ2) is 6.07. The Morgan fingerprint density at radius 2 is 1.75 bits per heavy atom. The highest BCUT2D eigenvalue weighted by Gasteiger charge is 2.35. The number of hydrogen-bond donors (Lipinski definition) is 2. The first-order valence-electron chi connectivity index (χ1n) is 7.12. The average Bonchev–Trinajstić information content (AvgIpc) is 2.39. The number of nitrogens with one attached hydrogen (secondary N) is 1. The lowest BCUT2D eigenvalue weighted by molar-refractivity contribution is -0.139. The van der Waals surface area contributed by atoms with Gasteiger partial charge in [0.2, 0.25) is 0 Å². The number of carboxylic acids is 1. The maximum absolute atomic E-state index is 12.3. The Kier molecular flexibility index (Phi) is 4.42. The molecule has 0 atom stereocenters. The normalized spacial score (nSPS) is 17.4. The second-order valence-corrected chi connectivity index (χ2v) is 5.73. The Morgan fingerprint density at radius 3 is 2.30 bits per heavy atom. The van der Waals surface area contributed by atoms with Gasteiger partial charge in [0.15, 0.2) is 0 Å². The molecule has 1 aliphatic carbocycles. The van der Waals surface area contributed by atoms with E-state index >= 15 is 0 Å². The van der Waals surface area contributed by atoms with Gasteiger partial charge in [0.05, 0.1) is 12.0 Å². The maximum Gasteiger partial charge on any atom is 0.305 e. The van der Waals surface area contributed by atoms with Gasteiger partial charge in [0.25, 0.3) is 5.91 Å². The molecular formula is C16H21NO3. The third-order valence-electron chi connectivity index (χ3n) is 3.99. The van der Waals surface area contributed by atoms with E-state index in [1.54, 1.807) is 12.1 Å². The summed E-state index contributed by atoms with van der Waals surface area (Å²) in [4.78, 5) is 23.4. The van der Waals surface area contributed by atoms with Gasteiger partial charge in [-0.2, -0.15) is 0 Å². The molecule has 1 saturated carbocycles. The van der Waals surface area contributed by atoms with Crippen LogP contribution < -0.4 is 5.32 Å². The maximum atomic E-state index is 12.3. The third-order valence-corrected chi connectivity index (χ3v) is 3.99. The van der Waals surface area contributed by atoms with Crippen molar-refractivity contribution >= 4 is 11.9 Å². The van der Waals surface area contributed by atoms with Crippen LogP contribution in [0.2, 0.25) is 0 Å². The fraction of sp³-hybridized carbons (Fsp3) is 0.500. The summed E-state index contributed by atoms with van der Waals surface area (Å²) in [6.07, 6.45) is 4.56. The molecule has 1 aromatic carbocycles. The van der Waals surface area contributed by atoms with Crippen molar-refractivity contribution < 1.29 is 14.7 Å². The number of benzene rings is 1. The minimum absolute atomic E-state index is 0.00456. The van der Waals surface area contributed by atoms with Crippen molar-refractivity contribution in [2.75, 3.05) is 0 Å². The fourth-order valence-electron chi connectivity index (χ4n) is 2.88. The van der Waals surface area contributed by atoms with Crippen LogP contribution in [0.4, 0.5) is 0 Å². The first-order valence-corrected chi connectivity index (χ1v) is 7.12. The van der Waals surface area contributed by atoms with Crippen molar-refractivity contribution in [3.05, 3.63) is 35.4 Å². The van der Waals surface area contributed by atoms with E-state index in [4.69, 9.17) is 5.11 Å². The van der Waals surface area contributed by atoms with Gasteiger partial charge in [-0.1, -0.05) is 37.0 Å². The molecule has 0 radical (unpaired) electrons. The molecule has 108 valence electrons. The summed E-state index contributed by atoms with van der Waals surface area (Å²) in [7, 11) is 0. The molecule has 2 N–H and O–H groups in total. The smallest absolute Gasteiger partial charge is 0.305 e. The van der Waals surface area contributed by atoms with Crippen LogP contribution in [-0.4, -0.2) is 22.5 Å². The SMILES string of the molecule is Cc1ccc(C(=O)NC2(CC(=O)O)CCCCC2)cc1. The van der Waals surface area contributed by atoms with Crippen LogP contribution in [0, 0.1) is 6.92 Å². The van der Waals surface area contributed by atoms with Gasteiger partial charge in [-0.15, -0.1) is 0 Å². The van der Waals surface area contributed by atoms with Gasteiger partial charge in [0, 0.05) is 5.56 Å². The number of carboxylic acid groups (broad SMARTS) is 1. The van der Waals surface area contributed by atoms with Crippen molar-refractivity contribution in [1.82, 2.24) is 5.32 Å². The number of amides is 1. The first-order chi connectivity index (χ1) is 9.51. The Bertz CT molecular complexity index is 487. The van der Waals surface area contributed by atoms with E-state index in [-0.39, 0.29) is 12.3 Å². The Hall–Kier alpha value is -1.84. The van der Waals surface area contributed by atoms with Crippen molar-refractivity contribution in [1.29, 1.82) is 0 Å². The summed E-state index contributed by atoms with van der Waals surface area (Å²) in [5.41, 5.74) is 1.11. The van der Waals surface area contributed by atoms with Crippen LogP contribution in [0.15, 0.2) is 24.3 Å². The van der Waals surface area contributed by atoms with Crippen molar-refractivity contribution in [2.24, 2.45) is 0 Å². The predicted molar refractivity (Wildman–Crippen MR) is 76.7 cm³/mol. The highest BCUT2D eigenvalue weighted by atomic mass is 16.4. The molecule has 1 amide bonds. The van der Waals surface area contributed by atoms with Gasteiger partial charge in [-0.25, -0.2) is 0 Å². The standard InChI is InChI=1S/C16H21NO3/c1-12-5-7-13(8-6-12)15(20)17-16(11-14(18)19)9-3-2-4-10-16/h5-8H,2-4,9-11H2,1H3,(H,17,20)(H,18,19). The molecule has 1 aliphatic rings. The van der Waals surface area contributed by atoms with Gasteiger partial charge in [-0.05, 0) is 31.9 Å². The summed E-state index contributed by atoms with van der Waals surface area (Å²) in [5.74, 6) is -1.02. The van der Waals surface area contributed by atoms with Gasteiger partial charge in [0.1, 0.15) is 0 Å². The van der Waals surface area contributed by atoms with E-state index in [9.17, 15) is 9.59 Å². The molecule has 4 heteroatoms. The molecule has 20 heavy (non-hydrogen) atoms. The Labute approximate surface area is 119 Å². The zero-order valence-electron chi connectivity index (χ0n) is 11.8. The molecule has 0 aromatic heterocycles. The van der Waals surface area contributed by atoms with E-state index in [1.807, 2.05) is 19.1 Å². The van der Waals surface area contributed by atoms with Crippen molar-refractivity contribution in [2.45, 2.75) is 51.0 Å². The lowest BCUT2D eigenvalue weighted by Crippen LogP contribution is -2.51. The molecule has 1 fully saturated rings. The van der Waals surface area contributed by atoms with Crippen LogP contribution in [0.3, 0.4) is 0 Å². The lowest BCUT2D eigenvalue weighted by Gasteiger charge is -2.37. The molecule has 0 unspecified atom stereocenters. The average molecular weight is 275 g/mol. The molecule has 0 heterocycles. The summed E-state index contributed by atoms with van der Waals surface area (Å²) in [6.45, 7) is 1.97. The van der Waals surface area contributed by atoms with Gasteiger partial charge >= 0.3 is 5.97 Å². The summed E-state index contributed by atoms with van der Waals surface area (Å²) in [5, 5.41) is 12.1. The van der Waals surface area contributed by atoms with Crippen LogP contribution in [0.1, 0.15) is 54.4 Å². The van der Waals surface area contributed by atoms with E-state index in [2.05, 4.69) is 5.32 Å². The second-order valence-electron chi connectivity index (χ2n) is 5.73. The molecule has 4 nitrogen and oxygen atoms in total. The third kappa shape index (κ3) is 3.59. The van der Waals surface area contributed by atoms with E-state index in [1.165, 1.54) is 0 Å². The monoisotopic (exact) mass is 275 g/mol. The number of rotatable bonds is 4. The zero-order valence-corrected chi connectivity index (χ0v) is 11.8. The van der Waals surface area contributed by atoms with Crippen LogP contribution in [0.25, 0.3) is 0 Å². The largest absolute Gasteiger partial charge is 0.481 e.